The minimum absolute atomic E-state index is 0.0221. The first kappa shape index (κ1) is 13.5. The minimum atomic E-state index is -0.464. The number of aromatic nitrogens is 2. The van der Waals surface area contributed by atoms with E-state index in [2.05, 4.69) is 10.1 Å². The molecule has 6 heteroatoms. The predicted octanol–water partition coefficient (Wildman–Crippen LogP) is 2.16. The molecule has 0 radical (unpaired) electrons. The van der Waals surface area contributed by atoms with E-state index in [1.165, 1.54) is 13.2 Å². The summed E-state index contributed by atoms with van der Waals surface area (Å²) in [6.07, 6.45) is 1.33. The topological polar surface area (TPSA) is 74.2 Å². The summed E-state index contributed by atoms with van der Waals surface area (Å²) in [5, 5.41) is 3.80. The van der Waals surface area contributed by atoms with Gasteiger partial charge in [-0.1, -0.05) is 12.1 Å². The Bertz CT molecular complexity index is 557. The molecule has 1 heterocycles. The molecule has 0 bridgehead atoms. The molecule has 0 fully saturated rings. The molecule has 0 aliphatic heterocycles. The van der Waals surface area contributed by atoms with Crippen LogP contribution in [0.4, 0.5) is 4.39 Å². The minimum Gasteiger partial charge on any atom is -0.497 e. The van der Waals surface area contributed by atoms with Gasteiger partial charge in [-0.25, -0.2) is 4.39 Å². The van der Waals surface area contributed by atoms with Crippen LogP contribution in [-0.4, -0.2) is 23.3 Å². The number of nitrogens with zero attached hydrogens (tertiary/aromatic N) is 2. The van der Waals surface area contributed by atoms with Gasteiger partial charge in [0.1, 0.15) is 11.6 Å². The number of rotatable bonds is 5. The lowest BCUT2D eigenvalue weighted by Gasteiger charge is -2.03. The van der Waals surface area contributed by atoms with Crippen molar-refractivity contribution in [2.75, 3.05) is 7.11 Å². The van der Waals surface area contributed by atoms with Crippen molar-refractivity contribution in [3.05, 3.63) is 29.8 Å². The first-order chi connectivity index (χ1) is 9.13. The standard InChI is InChI=1S/C13H16FN3O2/c1-3-8(15)6-12-16-13(19-17-12)10-5-4-9(18-2)7-11(10)14/h4-5,7-8H,3,6,15H2,1-2H3. The van der Waals surface area contributed by atoms with Crippen LogP contribution in [0.15, 0.2) is 22.7 Å². The molecule has 0 aliphatic rings. The highest BCUT2D eigenvalue weighted by Gasteiger charge is 2.15. The normalized spacial score (nSPS) is 12.4. The molecular weight excluding hydrogens is 249 g/mol. The average molecular weight is 265 g/mol. The van der Waals surface area contributed by atoms with Gasteiger partial charge < -0.3 is 15.0 Å². The largest absolute Gasteiger partial charge is 0.497 e. The van der Waals surface area contributed by atoms with Crippen molar-refractivity contribution in [1.29, 1.82) is 0 Å². The second-order valence-corrected chi connectivity index (χ2v) is 4.23. The van der Waals surface area contributed by atoms with E-state index in [0.29, 0.717) is 18.0 Å². The number of halogens is 1. The molecule has 0 amide bonds. The zero-order valence-electron chi connectivity index (χ0n) is 10.9. The summed E-state index contributed by atoms with van der Waals surface area (Å²) in [5.74, 6) is 0.612. The fourth-order valence-electron chi connectivity index (χ4n) is 1.62. The molecule has 0 saturated heterocycles. The molecule has 1 aromatic heterocycles. The van der Waals surface area contributed by atoms with E-state index in [1.807, 2.05) is 6.92 Å². The van der Waals surface area contributed by atoms with Gasteiger partial charge in [0.25, 0.3) is 5.89 Å². The maximum absolute atomic E-state index is 13.8. The zero-order valence-corrected chi connectivity index (χ0v) is 10.9. The second kappa shape index (κ2) is 5.79. The molecule has 2 rings (SSSR count). The van der Waals surface area contributed by atoms with Gasteiger partial charge >= 0.3 is 0 Å². The van der Waals surface area contributed by atoms with E-state index in [9.17, 15) is 4.39 Å². The van der Waals surface area contributed by atoms with E-state index in [4.69, 9.17) is 15.0 Å². The van der Waals surface area contributed by atoms with Crippen molar-refractivity contribution in [2.45, 2.75) is 25.8 Å². The highest BCUT2D eigenvalue weighted by atomic mass is 19.1. The molecule has 2 aromatic rings. The Labute approximate surface area is 110 Å². The van der Waals surface area contributed by atoms with Gasteiger partial charge in [-0.15, -0.1) is 0 Å². The quantitative estimate of drug-likeness (QED) is 0.896. The number of hydrogen-bond donors (Lipinski definition) is 1. The van der Waals surface area contributed by atoms with Crippen LogP contribution in [0.5, 0.6) is 5.75 Å². The van der Waals surface area contributed by atoms with Crippen LogP contribution in [0.2, 0.25) is 0 Å². The van der Waals surface area contributed by atoms with Crippen molar-refractivity contribution >= 4 is 0 Å². The van der Waals surface area contributed by atoms with Crippen molar-refractivity contribution in [3.8, 4) is 17.2 Å². The molecule has 0 spiro atoms. The molecule has 1 atom stereocenters. The van der Waals surface area contributed by atoms with Gasteiger partial charge in [-0.05, 0) is 18.6 Å². The maximum atomic E-state index is 13.8. The Kier molecular flexibility index (Phi) is 4.11. The third kappa shape index (κ3) is 3.08. The van der Waals surface area contributed by atoms with Crippen LogP contribution in [0.25, 0.3) is 11.5 Å². The van der Waals surface area contributed by atoms with Crippen LogP contribution in [-0.2, 0) is 6.42 Å². The third-order valence-electron chi connectivity index (χ3n) is 2.84. The average Bonchev–Trinajstić information content (AvgIpc) is 2.86. The van der Waals surface area contributed by atoms with Crippen molar-refractivity contribution in [1.82, 2.24) is 10.1 Å². The lowest BCUT2D eigenvalue weighted by Crippen LogP contribution is -2.21. The van der Waals surface area contributed by atoms with E-state index < -0.39 is 5.82 Å². The van der Waals surface area contributed by atoms with E-state index in [1.54, 1.807) is 12.1 Å². The molecule has 19 heavy (non-hydrogen) atoms. The fraction of sp³-hybridized carbons (Fsp3) is 0.385. The Morgan fingerprint density at radius 3 is 2.89 bits per heavy atom. The molecule has 0 aliphatic carbocycles. The maximum Gasteiger partial charge on any atom is 0.260 e. The third-order valence-corrected chi connectivity index (χ3v) is 2.84. The number of benzene rings is 1. The fourth-order valence-corrected chi connectivity index (χ4v) is 1.62. The van der Waals surface area contributed by atoms with Gasteiger partial charge in [0, 0.05) is 18.5 Å². The Morgan fingerprint density at radius 2 is 2.26 bits per heavy atom. The summed E-state index contributed by atoms with van der Waals surface area (Å²) in [6.45, 7) is 1.98. The van der Waals surface area contributed by atoms with Crippen molar-refractivity contribution < 1.29 is 13.7 Å². The second-order valence-electron chi connectivity index (χ2n) is 4.23. The number of nitrogens with two attached hydrogens (primary N) is 1. The van der Waals surface area contributed by atoms with Crippen LogP contribution in [0.1, 0.15) is 19.2 Å². The van der Waals surface area contributed by atoms with E-state index in [0.717, 1.165) is 6.42 Å². The van der Waals surface area contributed by atoms with Crippen molar-refractivity contribution in [3.63, 3.8) is 0 Å². The Hall–Kier alpha value is -1.95. The van der Waals surface area contributed by atoms with Gasteiger partial charge in [0.15, 0.2) is 5.82 Å². The zero-order chi connectivity index (χ0) is 13.8. The van der Waals surface area contributed by atoms with Gasteiger partial charge in [-0.3, -0.25) is 0 Å². The molecule has 1 unspecified atom stereocenters. The highest BCUT2D eigenvalue weighted by Crippen LogP contribution is 2.24. The molecule has 0 saturated carbocycles. The lowest BCUT2D eigenvalue weighted by molar-refractivity contribution is 0.408. The summed E-state index contributed by atoms with van der Waals surface area (Å²) in [5.41, 5.74) is 6.06. The summed E-state index contributed by atoms with van der Waals surface area (Å²) >= 11 is 0. The number of ether oxygens (including phenoxy) is 1. The van der Waals surface area contributed by atoms with Crippen LogP contribution in [0, 0.1) is 5.82 Å². The van der Waals surface area contributed by atoms with Crippen LogP contribution >= 0.6 is 0 Å². The SMILES string of the molecule is CCC(N)Cc1noc(-c2ccc(OC)cc2F)n1. The summed E-state index contributed by atoms with van der Waals surface area (Å²) in [6, 6.07) is 4.44. The first-order valence-electron chi connectivity index (χ1n) is 6.06. The molecule has 5 nitrogen and oxygen atoms in total. The van der Waals surface area contributed by atoms with Gasteiger partial charge in [0.2, 0.25) is 0 Å². The Morgan fingerprint density at radius 1 is 1.47 bits per heavy atom. The summed E-state index contributed by atoms with van der Waals surface area (Å²) < 4.78 is 23.8. The number of hydrogen-bond acceptors (Lipinski definition) is 5. The first-order valence-corrected chi connectivity index (χ1v) is 6.06. The van der Waals surface area contributed by atoms with E-state index in [-0.39, 0.29) is 17.5 Å². The Balaban J connectivity index is 2.23. The van der Waals surface area contributed by atoms with E-state index >= 15 is 0 Å². The number of methoxy groups -OCH3 is 1. The van der Waals surface area contributed by atoms with Crippen molar-refractivity contribution in [2.24, 2.45) is 5.73 Å². The smallest absolute Gasteiger partial charge is 0.260 e. The lowest BCUT2D eigenvalue weighted by atomic mass is 10.1. The summed E-state index contributed by atoms with van der Waals surface area (Å²) in [4.78, 5) is 4.15. The van der Waals surface area contributed by atoms with Crippen LogP contribution in [0.3, 0.4) is 0 Å². The molecule has 1 aromatic carbocycles. The predicted molar refractivity (Wildman–Crippen MR) is 68.2 cm³/mol. The van der Waals surface area contributed by atoms with Gasteiger partial charge in [-0.2, -0.15) is 4.98 Å². The molecule has 2 N–H and O–H groups in total. The molecule has 102 valence electrons. The molecular formula is C13H16FN3O2. The van der Waals surface area contributed by atoms with Gasteiger partial charge in [0.05, 0.1) is 12.7 Å². The monoisotopic (exact) mass is 265 g/mol. The summed E-state index contributed by atoms with van der Waals surface area (Å²) in [7, 11) is 1.48. The highest BCUT2D eigenvalue weighted by molar-refractivity contribution is 5.55. The van der Waals surface area contributed by atoms with Crippen LogP contribution < -0.4 is 10.5 Å².